The summed E-state index contributed by atoms with van der Waals surface area (Å²) in [6, 6.07) is 5.17. The average Bonchev–Trinajstić information content (AvgIpc) is 2.27. The molecule has 0 aromatic heterocycles. The lowest BCUT2D eigenvalue weighted by atomic mass is 10.1. The van der Waals surface area contributed by atoms with E-state index in [2.05, 4.69) is 0 Å². The van der Waals surface area contributed by atoms with Gasteiger partial charge in [0.15, 0.2) is 0 Å². The van der Waals surface area contributed by atoms with Gasteiger partial charge in [-0.1, -0.05) is 29.3 Å². The number of urea groups is 1. The van der Waals surface area contributed by atoms with Crippen molar-refractivity contribution in [1.82, 2.24) is 5.32 Å². The van der Waals surface area contributed by atoms with Gasteiger partial charge in [-0.25, -0.2) is 4.79 Å². The molecule has 0 aliphatic carbocycles. The van der Waals surface area contributed by atoms with Crippen molar-refractivity contribution >= 4 is 41.2 Å². The molecule has 3 amide bonds. The minimum atomic E-state index is -1.04. The number of benzene rings is 1. The number of carbonyl (C=O) groups excluding carboxylic acids is 2. The molecular weight excluding hydrogens is 277 g/mol. The van der Waals surface area contributed by atoms with E-state index in [9.17, 15) is 9.59 Å². The third-order valence-corrected chi connectivity index (χ3v) is 2.43. The molecule has 92 valence electrons. The molecule has 0 heterocycles. The molecular formula is C11H7Cl2N3O2. The lowest BCUT2D eigenvalue weighted by Gasteiger charge is -2.01. The smallest absolute Gasteiger partial charge is 0.319 e. The molecule has 5 nitrogen and oxygen atoms in total. The molecule has 0 saturated carbocycles. The van der Waals surface area contributed by atoms with Crippen LogP contribution < -0.4 is 11.1 Å². The fraction of sp³-hybridized carbons (Fsp3) is 0. The SMILES string of the molecule is N#C/C(=C/c1ccc(Cl)cc1Cl)C(=O)NC(N)=O. The summed E-state index contributed by atoms with van der Waals surface area (Å²) in [6.07, 6.45) is 1.23. The number of halogens is 2. The summed E-state index contributed by atoms with van der Waals surface area (Å²) in [5, 5.41) is 11.3. The number of amides is 3. The maximum Gasteiger partial charge on any atom is 0.319 e. The summed E-state index contributed by atoms with van der Waals surface area (Å²) in [7, 11) is 0. The number of imide groups is 1. The minimum absolute atomic E-state index is 0.280. The maximum absolute atomic E-state index is 11.4. The van der Waals surface area contributed by atoms with Crippen LogP contribution in [0, 0.1) is 11.3 Å². The first kappa shape index (κ1) is 14.0. The normalized spacial score (nSPS) is 10.6. The van der Waals surface area contributed by atoms with Crippen molar-refractivity contribution in [1.29, 1.82) is 5.26 Å². The van der Waals surface area contributed by atoms with Gasteiger partial charge in [0.25, 0.3) is 5.91 Å². The first-order chi connectivity index (χ1) is 8.43. The zero-order valence-electron chi connectivity index (χ0n) is 8.91. The molecule has 0 atom stereocenters. The molecule has 1 aromatic rings. The highest BCUT2D eigenvalue weighted by molar-refractivity contribution is 6.35. The number of hydrogen-bond acceptors (Lipinski definition) is 3. The molecule has 7 heteroatoms. The Hall–Kier alpha value is -2.03. The van der Waals surface area contributed by atoms with E-state index in [0.717, 1.165) is 0 Å². The second-order valence-corrected chi connectivity index (χ2v) is 4.00. The van der Waals surface area contributed by atoms with E-state index >= 15 is 0 Å². The van der Waals surface area contributed by atoms with Gasteiger partial charge in [0.1, 0.15) is 11.6 Å². The van der Waals surface area contributed by atoms with Crippen LogP contribution in [-0.2, 0) is 4.79 Å². The number of nitrogens with two attached hydrogens (primary N) is 1. The van der Waals surface area contributed by atoms with Crippen LogP contribution >= 0.6 is 23.2 Å². The summed E-state index contributed by atoms with van der Waals surface area (Å²) in [5.74, 6) is -0.893. The lowest BCUT2D eigenvalue weighted by Crippen LogP contribution is -2.35. The highest BCUT2D eigenvalue weighted by atomic mass is 35.5. The number of nitriles is 1. The number of carbonyl (C=O) groups is 2. The van der Waals surface area contributed by atoms with Crippen LogP contribution in [0.4, 0.5) is 4.79 Å². The van der Waals surface area contributed by atoms with Crippen LogP contribution in [0.3, 0.4) is 0 Å². The maximum atomic E-state index is 11.4. The van der Waals surface area contributed by atoms with E-state index in [1.165, 1.54) is 12.1 Å². The largest absolute Gasteiger partial charge is 0.351 e. The second-order valence-electron chi connectivity index (χ2n) is 3.15. The average molecular weight is 284 g/mol. The monoisotopic (exact) mass is 283 g/mol. The van der Waals surface area contributed by atoms with Crippen molar-refractivity contribution in [2.75, 3.05) is 0 Å². The van der Waals surface area contributed by atoms with E-state index in [1.54, 1.807) is 23.5 Å². The van der Waals surface area contributed by atoms with Crippen molar-refractivity contribution in [3.05, 3.63) is 39.4 Å². The molecule has 0 spiro atoms. The first-order valence-corrected chi connectivity index (χ1v) is 5.37. The lowest BCUT2D eigenvalue weighted by molar-refractivity contribution is -0.115. The van der Waals surface area contributed by atoms with E-state index < -0.39 is 11.9 Å². The van der Waals surface area contributed by atoms with Crippen LogP contribution in [0.2, 0.25) is 10.0 Å². The van der Waals surface area contributed by atoms with E-state index in [0.29, 0.717) is 10.6 Å². The topological polar surface area (TPSA) is 96.0 Å². The molecule has 0 aliphatic rings. The van der Waals surface area contributed by atoms with Crippen molar-refractivity contribution in [2.45, 2.75) is 0 Å². The van der Waals surface area contributed by atoms with Gasteiger partial charge in [0.2, 0.25) is 0 Å². The van der Waals surface area contributed by atoms with E-state index in [-0.39, 0.29) is 10.6 Å². The van der Waals surface area contributed by atoms with Gasteiger partial charge in [0, 0.05) is 10.0 Å². The summed E-state index contributed by atoms with van der Waals surface area (Å²) >= 11 is 11.6. The van der Waals surface area contributed by atoms with Gasteiger partial charge >= 0.3 is 6.03 Å². The number of rotatable bonds is 2. The van der Waals surface area contributed by atoms with Gasteiger partial charge in [-0.2, -0.15) is 5.26 Å². The molecule has 3 N–H and O–H groups in total. The highest BCUT2D eigenvalue weighted by Crippen LogP contribution is 2.23. The third-order valence-electron chi connectivity index (χ3n) is 1.86. The Morgan fingerprint density at radius 3 is 2.56 bits per heavy atom. The molecule has 0 unspecified atom stereocenters. The molecule has 0 saturated heterocycles. The van der Waals surface area contributed by atoms with Gasteiger partial charge < -0.3 is 5.73 Å². The number of nitrogens with zero attached hydrogens (tertiary/aromatic N) is 1. The third kappa shape index (κ3) is 3.77. The van der Waals surface area contributed by atoms with Gasteiger partial charge in [-0.15, -0.1) is 0 Å². The van der Waals surface area contributed by atoms with Crippen LogP contribution in [-0.4, -0.2) is 11.9 Å². The molecule has 1 aromatic carbocycles. The fourth-order valence-electron chi connectivity index (χ4n) is 1.10. The quantitative estimate of drug-likeness (QED) is 0.642. The Labute approximate surface area is 113 Å². The standard InChI is InChI=1S/C11H7Cl2N3O2/c12-8-2-1-6(9(13)4-8)3-7(5-14)10(17)16-11(15)18/h1-4H,(H3,15,16,17,18)/b7-3-. The predicted molar refractivity (Wildman–Crippen MR) is 67.8 cm³/mol. The van der Waals surface area contributed by atoms with E-state index in [4.69, 9.17) is 34.2 Å². The Morgan fingerprint density at radius 1 is 1.39 bits per heavy atom. The Morgan fingerprint density at radius 2 is 2.06 bits per heavy atom. The number of nitrogens with one attached hydrogen (secondary N) is 1. The molecule has 0 fully saturated rings. The minimum Gasteiger partial charge on any atom is -0.351 e. The van der Waals surface area contributed by atoms with Gasteiger partial charge in [0.05, 0.1) is 0 Å². The molecule has 18 heavy (non-hydrogen) atoms. The van der Waals surface area contributed by atoms with Crippen molar-refractivity contribution in [3.8, 4) is 6.07 Å². The second kappa shape index (κ2) is 6.05. The summed E-state index contributed by atoms with van der Waals surface area (Å²) < 4.78 is 0. The van der Waals surface area contributed by atoms with Crippen molar-refractivity contribution in [2.24, 2.45) is 5.73 Å². The molecule has 1 rings (SSSR count). The summed E-state index contributed by atoms with van der Waals surface area (Å²) in [6.45, 7) is 0. The predicted octanol–water partition coefficient (Wildman–Crippen LogP) is 2.10. The van der Waals surface area contributed by atoms with Crippen LogP contribution in [0.1, 0.15) is 5.56 Å². The Balaban J connectivity index is 3.09. The zero-order chi connectivity index (χ0) is 13.7. The Bertz CT molecular complexity index is 576. The fourth-order valence-corrected chi connectivity index (χ4v) is 1.56. The van der Waals surface area contributed by atoms with Crippen molar-refractivity contribution < 1.29 is 9.59 Å². The molecule has 0 radical (unpaired) electrons. The summed E-state index contributed by atoms with van der Waals surface area (Å²) in [4.78, 5) is 21.9. The Kier molecular flexibility index (Phi) is 4.72. The number of primary amides is 1. The van der Waals surface area contributed by atoms with Gasteiger partial charge in [-0.3, -0.25) is 10.1 Å². The van der Waals surface area contributed by atoms with Crippen molar-refractivity contribution in [3.63, 3.8) is 0 Å². The van der Waals surface area contributed by atoms with Crippen LogP contribution in [0.15, 0.2) is 23.8 Å². The number of hydrogen-bond donors (Lipinski definition) is 2. The van der Waals surface area contributed by atoms with Crippen LogP contribution in [0.25, 0.3) is 6.08 Å². The molecule has 0 aliphatic heterocycles. The van der Waals surface area contributed by atoms with Gasteiger partial charge in [-0.05, 0) is 23.8 Å². The van der Waals surface area contributed by atoms with E-state index in [1.807, 2.05) is 0 Å². The zero-order valence-corrected chi connectivity index (χ0v) is 10.4. The molecule has 0 bridgehead atoms. The van der Waals surface area contributed by atoms with Crippen LogP contribution in [0.5, 0.6) is 0 Å². The first-order valence-electron chi connectivity index (χ1n) is 4.61. The summed E-state index contributed by atoms with van der Waals surface area (Å²) in [5.41, 5.74) is 4.91. The highest BCUT2D eigenvalue weighted by Gasteiger charge is 2.11.